The van der Waals surface area contributed by atoms with E-state index in [2.05, 4.69) is 15.5 Å². The zero-order valence-electron chi connectivity index (χ0n) is 12.6. The van der Waals surface area contributed by atoms with Gasteiger partial charge in [-0.1, -0.05) is 0 Å². The first-order valence-corrected chi connectivity index (χ1v) is 7.85. The standard InChI is InChI=1S/C16H24N4O/c1-2-18-16(21)14-6-3-11(17)9-15(14)19-12-7-8-20(10-12)13-4-5-13/h3,6,9,12-13,19H,2,4-5,7-8,10,17H2,1H3,(H,18,21). The van der Waals surface area contributed by atoms with Crippen molar-refractivity contribution in [1.29, 1.82) is 0 Å². The van der Waals surface area contributed by atoms with Crippen LogP contribution in [0.1, 0.15) is 36.5 Å². The summed E-state index contributed by atoms with van der Waals surface area (Å²) < 4.78 is 0. The van der Waals surface area contributed by atoms with Crippen LogP contribution < -0.4 is 16.4 Å². The molecule has 1 aliphatic heterocycles. The van der Waals surface area contributed by atoms with Crippen LogP contribution in [0.3, 0.4) is 0 Å². The summed E-state index contributed by atoms with van der Waals surface area (Å²) in [6.45, 7) is 4.77. The second kappa shape index (κ2) is 5.93. The smallest absolute Gasteiger partial charge is 0.253 e. The molecule has 1 aliphatic carbocycles. The van der Waals surface area contributed by atoms with Crippen molar-refractivity contribution in [3.63, 3.8) is 0 Å². The summed E-state index contributed by atoms with van der Waals surface area (Å²) in [6.07, 6.45) is 3.81. The van der Waals surface area contributed by atoms with Crippen LogP contribution in [0.5, 0.6) is 0 Å². The van der Waals surface area contributed by atoms with E-state index in [0.29, 0.717) is 23.8 Å². The number of nitrogens with two attached hydrogens (primary N) is 1. The lowest BCUT2D eigenvalue weighted by molar-refractivity contribution is 0.0956. The first kappa shape index (κ1) is 14.2. The number of carbonyl (C=O) groups excluding carboxylic acids is 1. The highest BCUT2D eigenvalue weighted by molar-refractivity contribution is 6.00. The van der Waals surface area contributed by atoms with Crippen LogP contribution in [0.2, 0.25) is 0 Å². The Morgan fingerprint density at radius 3 is 2.90 bits per heavy atom. The molecule has 1 amide bonds. The molecule has 0 aromatic heterocycles. The number of nitrogen functional groups attached to an aromatic ring is 1. The molecule has 1 aromatic carbocycles. The van der Waals surface area contributed by atoms with Crippen molar-refractivity contribution < 1.29 is 4.79 Å². The molecular weight excluding hydrogens is 264 g/mol. The molecule has 0 radical (unpaired) electrons. The molecule has 1 unspecified atom stereocenters. The number of amides is 1. The summed E-state index contributed by atoms with van der Waals surface area (Å²) >= 11 is 0. The summed E-state index contributed by atoms with van der Waals surface area (Å²) in [5, 5.41) is 6.37. The van der Waals surface area contributed by atoms with Gasteiger partial charge in [0, 0.05) is 43.1 Å². The van der Waals surface area contributed by atoms with Crippen molar-refractivity contribution in [3.05, 3.63) is 23.8 Å². The van der Waals surface area contributed by atoms with Gasteiger partial charge in [-0.15, -0.1) is 0 Å². The number of nitrogens with one attached hydrogen (secondary N) is 2. The lowest BCUT2D eigenvalue weighted by atomic mass is 10.1. The molecule has 5 nitrogen and oxygen atoms in total. The van der Waals surface area contributed by atoms with Crippen molar-refractivity contribution in [2.75, 3.05) is 30.7 Å². The second-order valence-electron chi connectivity index (χ2n) is 6.02. The fourth-order valence-corrected chi connectivity index (χ4v) is 3.03. The maximum Gasteiger partial charge on any atom is 0.253 e. The fourth-order valence-electron chi connectivity index (χ4n) is 3.03. The van der Waals surface area contributed by atoms with Crippen molar-refractivity contribution >= 4 is 17.3 Å². The number of anilines is 2. The molecule has 0 bridgehead atoms. The maximum atomic E-state index is 12.1. The largest absolute Gasteiger partial charge is 0.399 e. The predicted molar refractivity (Wildman–Crippen MR) is 85.5 cm³/mol. The summed E-state index contributed by atoms with van der Waals surface area (Å²) in [4.78, 5) is 14.7. The Morgan fingerprint density at radius 1 is 1.38 bits per heavy atom. The fraction of sp³-hybridized carbons (Fsp3) is 0.562. The van der Waals surface area contributed by atoms with E-state index in [4.69, 9.17) is 5.73 Å². The number of benzene rings is 1. The molecule has 1 aromatic rings. The molecule has 1 heterocycles. The average Bonchev–Trinajstić information content (AvgIpc) is 3.20. The van der Waals surface area contributed by atoms with Gasteiger partial charge in [-0.3, -0.25) is 9.69 Å². The van der Waals surface area contributed by atoms with Crippen molar-refractivity contribution in [1.82, 2.24) is 10.2 Å². The van der Waals surface area contributed by atoms with Gasteiger partial charge in [-0.05, 0) is 44.4 Å². The van der Waals surface area contributed by atoms with Crippen molar-refractivity contribution in [2.45, 2.75) is 38.3 Å². The van der Waals surface area contributed by atoms with Gasteiger partial charge in [0.25, 0.3) is 5.91 Å². The van der Waals surface area contributed by atoms with Crippen LogP contribution in [0.15, 0.2) is 18.2 Å². The van der Waals surface area contributed by atoms with E-state index in [0.717, 1.165) is 31.2 Å². The predicted octanol–water partition coefficient (Wildman–Crippen LogP) is 1.67. The minimum atomic E-state index is -0.0444. The van der Waals surface area contributed by atoms with E-state index in [1.54, 1.807) is 12.1 Å². The molecular formula is C16H24N4O. The Bertz CT molecular complexity index is 527. The Balaban J connectivity index is 1.71. The summed E-state index contributed by atoms with van der Waals surface area (Å²) in [5.74, 6) is -0.0444. The maximum absolute atomic E-state index is 12.1. The minimum absolute atomic E-state index is 0.0444. The first-order valence-electron chi connectivity index (χ1n) is 7.85. The number of carbonyl (C=O) groups is 1. The third-order valence-electron chi connectivity index (χ3n) is 4.27. The monoisotopic (exact) mass is 288 g/mol. The first-order chi connectivity index (χ1) is 10.2. The van der Waals surface area contributed by atoms with Crippen LogP contribution in [0, 0.1) is 0 Å². The van der Waals surface area contributed by atoms with E-state index in [1.807, 2.05) is 13.0 Å². The SMILES string of the molecule is CCNC(=O)c1ccc(N)cc1NC1CCN(C2CC2)C1. The molecule has 0 spiro atoms. The van der Waals surface area contributed by atoms with Gasteiger partial charge in [0.2, 0.25) is 0 Å². The topological polar surface area (TPSA) is 70.4 Å². The van der Waals surface area contributed by atoms with E-state index < -0.39 is 0 Å². The van der Waals surface area contributed by atoms with Crippen LogP contribution >= 0.6 is 0 Å². The van der Waals surface area contributed by atoms with Gasteiger partial charge in [0.05, 0.1) is 5.56 Å². The molecule has 21 heavy (non-hydrogen) atoms. The molecule has 2 fully saturated rings. The highest BCUT2D eigenvalue weighted by atomic mass is 16.1. The number of rotatable bonds is 5. The summed E-state index contributed by atoms with van der Waals surface area (Å²) in [6, 6.07) is 6.66. The molecule has 1 saturated carbocycles. The average molecular weight is 288 g/mol. The lowest BCUT2D eigenvalue weighted by Crippen LogP contribution is -2.29. The van der Waals surface area contributed by atoms with Gasteiger partial charge in [0.1, 0.15) is 0 Å². The Labute approximate surface area is 125 Å². The normalized spacial score (nSPS) is 22.2. The molecule has 114 valence electrons. The van der Waals surface area contributed by atoms with E-state index in [9.17, 15) is 4.79 Å². The van der Waals surface area contributed by atoms with Gasteiger partial charge in [0.15, 0.2) is 0 Å². The zero-order valence-corrected chi connectivity index (χ0v) is 12.6. The van der Waals surface area contributed by atoms with Crippen LogP contribution in [0.25, 0.3) is 0 Å². The van der Waals surface area contributed by atoms with Crippen LogP contribution in [-0.2, 0) is 0 Å². The summed E-state index contributed by atoms with van der Waals surface area (Å²) in [7, 11) is 0. The number of hydrogen-bond donors (Lipinski definition) is 3. The minimum Gasteiger partial charge on any atom is -0.399 e. The van der Waals surface area contributed by atoms with Crippen LogP contribution in [-0.4, -0.2) is 42.5 Å². The third kappa shape index (κ3) is 3.29. The Hall–Kier alpha value is -1.75. The molecule has 3 rings (SSSR count). The quantitative estimate of drug-likeness (QED) is 0.721. The van der Waals surface area contributed by atoms with E-state index in [-0.39, 0.29) is 5.91 Å². The van der Waals surface area contributed by atoms with Crippen molar-refractivity contribution in [2.24, 2.45) is 0 Å². The zero-order chi connectivity index (χ0) is 14.8. The third-order valence-corrected chi connectivity index (χ3v) is 4.27. The number of nitrogens with zero attached hydrogens (tertiary/aromatic N) is 1. The molecule has 4 N–H and O–H groups in total. The van der Waals surface area contributed by atoms with E-state index >= 15 is 0 Å². The molecule has 2 aliphatic rings. The van der Waals surface area contributed by atoms with E-state index in [1.165, 1.54) is 12.8 Å². The van der Waals surface area contributed by atoms with Gasteiger partial charge in [-0.2, -0.15) is 0 Å². The highest BCUT2D eigenvalue weighted by Crippen LogP contribution is 2.31. The van der Waals surface area contributed by atoms with Crippen LogP contribution in [0.4, 0.5) is 11.4 Å². The Morgan fingerprint density at radius 2 is 2.19 bits per heavy atom. The number of likely N-dealkylation sites (tertiary alicyclic amines) is 1. The number of hydrogen-bond acceptors (Lipinski definition) is 4. The van der Waals surface area contributed by atoms with Gasteiger partial charge >= 0.3 is 0 Å². The molecule has 1 saturated heterocycles. The van der Waals surface area contributed by atoms with Gasteiger partial charge in [-0.25, -0.2) is 0 Å². The Kier molecular flexibility index (Phi) is 4.01. The second-order valence-corrected chi connectivity index (χ2v) is 6.02. The highest BCUT2D eigenvalue weighted by Gasteiger charge is 2.34. The van der Waals surface area contributed by atoms with Gasteiger partial charge < -0.3 is 16.4 Å². The molecule has 1 atom stereocenters. The summed E-state index contributed by atoms with van der Waals surface area (Å²) in [5.41, 5.74) is 8.09. The lowest BCUT2D eigenvalue weighted by Gasteiger charge is -2.19. The van der Waals surface area contributed by atoms with Crippen molar-refractivity contribution in [3.8, 4) is 0 Å². The molecule has 5 heteroatoms.